The topological polar surface area (TPSA) is 84.3 Å². The molecule has 2 unspecified atom stereocenters. The Kier molecular flexibility index (Phi) is 7.98. The molecule has 23 heavy (non-hydrogen) atoms. The fourth-order valence-electron chi connectivity index (χ4n) is 2.84. The number of benzene rings is 1. The molecule has 0 aromatic heterocycles. The number of hydrogen-bond donors (Lipinski definition) is 2. The quantitative estimate of drug-likeness (QED) is 0.590. The first-order valence-electron chi connectivity index (χ1n) is 7.84. The number of carbonyl (C=O) groups is 1. The zero-order chi connectivity index (χ0) is 15.9. The third kappa shape index (κ3) is 5.80. The monoisotopic (exact) mass is 341 g/mol. The molecule has 1 saturated heterocycles. The second-order valence-corrected chi connectivity index (χ2v) is 5.78. The molecule has 6 nitrogen and oxygen atoms in total. The van der Waals surface area contributed by atoms with Gasteiger partial charge in [0.15, 0.2) is 0 Å². The van der Waals surface area contributed by atoms with E-state index in [1.165, 1.54) is 12.1 Å². The average Bonchev–Trinajstić information content (AvgIpc) is 3.04. The summed E-state index contributed by atoms with van der Waals surface area (Å²) in [5.74, 6) is 0.605. The van der Waals surface area contributed by atoms with E-state index >= 15 is 0 Å². The van der Waals surface area contributed by atoms with Gasteiger partial charge in [0.2, 0.25) is 5.91 Å². The molecular weight excluding hydrogens is 318 g/mol. The van der Waals surface area contributed by atoms with E-state index < -0.39 is 4.92 Å². The number of hydrogen-bond acceptors (Lipinski definition) is 4. The first-order chi connectivity index (χ1) is 10.6. The number of amides is 1. The second kappa shape index (κ2) is 9.47. The van der Waals surface area contributed by atoms with Crippen molar-refractivity contribution in [1.29, 1.82) is 0 Å². The summed E-state index contributed by atoms with van der Waals surface area (Å²) in [6.07, 6.45) is 3.25. The van der Waals surface area contributed by atoms with Crippen LogP contribution in [0.25, 0.3) is 0 Å². The molecule has 2 atom stereocenters. The van der Waals surface area contributed by atoms with Crippen molar-refractivity contribution in [3.05, 3.63) is 39.9 Å². The van der Waals surface area contributed by atoms with Gasteiger partial charge < -0.3 is 10.6 Å². The van der Waals surface area contributed by atoms with E-state index in [1.54, 1.807) is 6.07 Å². The van der Waals surface area contributed by atoms with Crippen LogP contribution in [0.4, 0.5) is 5.69 Å². The Balaban J connectivity index is 0.00000264. The van der Waals surface area contributed by atoms with Crippen LogP contribution in [-0.4, -0.2) is 23.9 Å². The van der Waals surface area contributed by atoms with Gasteiger partial charge in [0.25, 0.3) is 5.69 Å². The van der Waals surface area contributed by atoms with Gasteiger partial charge >= 0.3 is 0 Å². The van der Waals surface area contributed by atoms with Gasteiger partial charge in [0.1, 0.15) is 0 Å². The standard InChI is InChI=1S/C16H23N3O3.ClH/c1-2-15(13-4-3-5-14(10-13)19(21)22)18-16(20)7-6-12-8-9-17-11-12;/h3-5,10,12,15,17H,2,6-9,11H2,1H3,(H,18,20);1H. The Labute approximate surface area is 142 Å². The predicted molar refractivity (Wildman–Crippen MR) is 91.7 cm³/mol. The summed E-state index contributed by atoms with van der Waals surface area (Å²) in [5.41, 5.74) is 0.842. The van der Waals surface area contributed by atoms with Crippen LogP contribution in [0.15, 0.2) is 24.3 Å². The minimum Gasteiger partial charge on any atom is -0.349 e. The van der Waals surface area contributed by atoms with Gasteiger partial charge in [-0.3, -0.25) is 14.9 Å². The molecular formula is C16H24ClN3O3. The van der Waals surface area contributed by atoms with Gasteiger partial charge in [0.05, 0.1) is 11.0 Å². The van der Waals surface area contributed by atoms with Crippen LogP contribution in [-0.2, 0) is 4.79 Å². The van der Waals surface area contributed by atoms with Crippen molar-refractivity contribution in [2.75, 3.05) is 13.1 Å². The Hall–Kier alpha value is -1.66. The average molecular weight is 342 g/mol. The molecule has 128 valence electrons. The maximum atomic E-state index is 12.1. The zero-order valence-corrected chi connectivity index (χ0v) is 14.1. The molecule has 1 aliphatic rings. The summed E-state index contributed by atoms with van der Waals surface area (Å²) in [4.78, 5) is 22.5. The molecule has 1 aromatic carbocycles. The van der Waals surface area contributed by atoms with Gasteiger partial charge in [-0.2, -0.15) is 0 Å². The molecule has 1 aromatic rings. The Morgan fingerprint density at radius 2 is 2.30 bits per heavy atom. The number of nitrogens with one attached hydrogen (secondary N) is 2. The fourth-order valence-corrected chi connectivity index (χ4v) is 2.84. The van der Waals surface area contributed by atoms with Crippen molar-refractivity contribution in [2.24, 2.45) is 5.92 Å². The van der Waals surface area contributed by atoms with Crippen LogP contribution in [0.2, 0.25) is 0 Å². The molecule has 0 radical (unpaired) electrons. The van der Waals surface area contributed by atoms with Gasteiger partial charge in [-0.1, -0.05) is 19.1 Å². The summed E-state index contributed by atoms with van der Waals surface area (Å²) in [7, 11) is 0. The molecule has 7 heteroatoms. The fraction of sp³-hybridized carbons (Fsp3) is 0.562. The lowest BCUT2D eigenvalue weighted by atomic mass is 10.0. The maximum Gasteiger partial charge on any atom is 0.269 e. The van der Waals surface area contributed by atoms with Crippen LogP contribution in [0.5, 0.6) is 0 Å². The van der Waals surface area contributed by atoms with Crippen LogP contribution in [0.1, 0.15) is 44.2 Å². The van der Waals surface area contributed by atoms with Crippen molar-refractivity contribution in [3.63, 3.8) is 0 Å². The number of nitro benzene ring substituents is 1. The summed E-state index contributed by atoms with van der Waals surface area (Å²) < 4.78 is 0. The minimum atomic E-state index is -0.412. The third-order valence-electron chi connectivity index (χ3n) is 4.17. The van der Waals surface area contributed by atoms with E-state index in [0.717, 1.165) is 31.5 Å². The maximum absolute atomic E-state index is 12.1. The van der Waals surface area contributed by atoms with Gasteiger partial charge in [0, 0.05) is 18.6 Å². The molecule has 1 fully saturated rings. The number of rotatable bonds is 7. The second-order valence-electron chi connectivity index (χ2n) is 5.78. The number of non-ortho nitro benzene ring substituents is 1. The Morgan fingerprint density at radius 3 is 2.91 bits per heavy atom. The summed E-state index contributed by atoms with van der Waals surface area (Å²) in [5, 5.41) is 17.1. The Morgan fingerprint density at radius 1 is 1.52 bits per heavy atom. The third-order valence-corrected chi connectivity index (χ3v) is 4.17. The number of halogens is 1. The highest BCUT2D eigenvalue weighted by Crippen LogP contribution is 2.22. The van der Waals surface area contributed by atoms with Gasteiger partial charge in [-0.15, -0.1) is 12.4 Å². The predicted octanol–water partition coefficient (Wildman–Crippen LogP) is 2.97. The lowest BCUT2D eigenvalue weighted by Gasteiger charge is -2.18. The van der Waals surface area contributed by atoms with Crippen molar-refractivity contribution >= 4 is 24.0 Å². The van der Waals surface area contributed by atoms with Gasteiger partial charge in [-0.05, 0) is 43.8 Å². The summed E-state index contributed by atoms with van der Waals surface area (Å²) >= 11 is 0. The molecule has 1 heterocycles. The highest BCUT2D eigenvalue weighted by atomic mass is 35.5. The summed E-state index contributed by atoms with van der Waals surface area (Å²) in [6.45, 7) is 4.00. The van der Waals surface area contributed by atoms with Crippen LogP contribution in [0.3, 0.4) is 0 Å². The van der Waals surface area contributed by atoms with Crippen molar-refractivity contribution in [3.8, 4) is 0 Å². The molecule has 0 saturated carbocycles. The molecule has 2 N–H and O–H groups in total. The van der Waals surface area contributed by atoms with E-state index in [2.05, 4.69) is 10.6 Å². The Bertz CT molecular complexity index is 533. The first kappa shape index (κ1) is 19.4. The van der Waals surface area contributed by atoms with E-state index in [9.17, 15) is 14.9 Å². The largest absolute Gasteiger partial charge is 0.349 e. The molecule has 0 bridgehead atoms. The lowest BCUT2D eigenvalue weighted by molar-refractivity contribution is -0.384. The number of nitro groups is 1. The number of carbonyl (C=O) groups excluding carboxylic acids is 1. The normalized spacial score (nSPS) is 18.0. The van der Waals surface area contributed by atoms with Crippen molar-refractivity contribution < 1.29 is 9.72 Å². The smallest absolute Gasteiger partial charge is 0.269 e. The van der Waals surface area contributed by atoms with Crippen LogP contribution in [0, 0.1) is 16.0 Å². The lowest BCUT2D eigenvalue weighted by Crippen LogP contribution is -2.28. The number of nitrogens with zero attached hydrogens (tertiary/aromatic N) is 1. The highest BCUT2D eigenvalue weighted by molar-refractivity contribution is 5.85. The van der Waals surface area contributed by atoms with E-state index in [1.807, 2.05) is 13.0 Å². The molecule has 1 aliphatic heterocycles. The van der Waals surface area contributed by atoms with E-state index in [4.69, 9.17) is 0 Å². The van der Waals surface area contributed by atoms with Crippen LogP contribution >= 0.6 is 12.4 Å². The van der Waals surface area contributed by atoms with Gasteiger partial charge in [-0.25, -0.2) is 0 Å². The van der Waals surface area contributed by atoms with Crippen LogP contribution < -0.4 is 10.6 Å². The summed E-state index contributed by atoms with van der Waals surface area (Å²) in [6, 6.07) is 6.31. The highest BCUT2D eigenvalue weighted by Gasteiger charge is 2.18. The van der Waals surface area contributed by atoms with Crippen molar-refractivity contribution in [2.45, 2.75) is 38.6 Å². The zero-order valence-electron chi connectivity index (χ0n) is 13.3. The minimum absolute atomic E-state index is 0. The molecule has 2 rings (SSSR count). The molecule has 1 amide bonds. The van der Waals surface area contributed by atoms with E-state index in [0.29, 0.717) is 18.8 Å². The first-order valence-corrected chi connectivity index (χ1v) is 7.84. The molecule has 0 aliphatic carbocycles. The SMILES string of the molecule is CCC(NC(=O)CCC1CCNC1)c1cccc([N+](=O)[O-])c1.Cl. The molecule has 0 spiro atoms. The van der Waals surface area contributed by atoms with E-state index in [-0.39, 0.29) is 30.0 Å². The van der Waals surface area contributed by atoms with Crippen molar-refractivity contribution in [1.82, 2.24) is 10.6 Å².